The summed E-state index contributed by atoms with van der Waals surface area (Å²) in [6.07, 6.45) is 5.74. The van der Waals surface area contributed by atoms with Crippen molar-refractivity contribution in [2.75, 3.05) is 26.7 Å². The number of nitrogens with one attached hydrogen (secondary N) is 1. The van der Waals surface area contributed by atoms with Crippen molar-refractivity contribution in [1.29, 1.82) is 0 Å². The zero-order valence-corrected chi connectivity index (χ0v) is 13.6. The number of aliphatic imine (C=N–C) groups is 1. The Balaban J connectivity index is 1.85. The smallest absolute Gasteiger partial charge is 0.310 e. The number of likely N-dealkylation sites (tertiary alicyclic amines) is 1. The van der Waals surface area contributed by atoms with Gasteiger partial charge in [-0.25, -0.2) is 0 Å². The third-order valence-electron chi connectivity index (χ3n) is 4.45. The van der Waals surface area contributed by atoms with Crippen molar-refractivity contribution in [3.05, 3.63) is 0 Å². The van der Waals surface area contributed by atoms with Crippen LogP contribution in [0.2, 0.25) is 0 Å². The molecule has 2 aliphatic rings. The summed E-state index contributed by atoms with van der Waals surface area (Å²) in [5, 5.41) is 3.56. The van der Waals surface area contributed by atoms with Gasteiger partial charge >= 0.3 is 5.97 Å². The molecule has 120 valence electrons. The summed E-state index contributed by atoms with van der Waals surface area (Å²) >= 11 is 0. The Morgan fingerprint density at radius 2 is 2.24 bits per heavy atom. The minimum atomic E-state index is -0.0621. The van der Waals surface area contributed by atoms with Crippen molar-refractivity contribution in [2.45, 2.75) is 52.0 Å². The summed E-state index contributed by atoms with van der Waals surface area (Å²) in [5.74, 6) is 1.68. The summed E-state index contributed by atoms with van der Waals surface area (Å²) in [7, 11) is 1.83. The molecule has 0 amide bonds. The first-order valence-electron chi connectivity index (χ1n) is 8.34. The zero-order chi connectivity index (χ0) is 15.2. The van der Waals surface area contributed by atoms with Crippen molar-refractivity contribution in [3.63, 3.8) is 0 Å². The van der Waals surface area contributed by atoms with Gasteiger partial charge in [0.2, 0.25) is 0 Å². The van der Waals surface area contributed by atoms with Gasteiger partial charge in [0, 0.05) is 26.2 Å². The number of hydrogen-bond donors (Lipinski definition) is 1. The fourth-order valence-corrected chi connectivity index (χ4v) is 3.20. The number of ether oxygens (including phenoxy) is 1. The first-order chi connectivity index (χ1) is 10.2. The minimum absolute atomic E-state index is 0.0112. The van der Waals surface area contributed by atoms with Crippen molar-refractivity contribution in [3.8, 4) is 0 Å². The Hall–Kier alpha value is -1.26. The largest absolute Gasteiger partial charge is 0.466 e. The molecule has 1 heterocycles. The molecule has 5 heteroatoms. The van der Waals surface area contributed by atoms with E-state index in [0.717, 1.165) is 37.8 Å². The van der Waals surface area contributed by atoms with Crippen LogP contribution in [0.3, 0.4) is 0 Å². The number of carbonyl (C=O) groups is 1. The summed E-state index contributed by atoms with van der Waals surface area (Å²) in [4.78, 5) is 18.5. The lowest BCUT2D eigenvalue weighted by Crippen LogP contribution is -2.49. The van der Waals surface area contributed by atoms with Crippen LogP contribution in [-0.2, 0) is 9.53 Å². The number of guanidine groups is 1. The molecule has 0 bridgehead atoms. The van der Waals surface area contributed by atoms with Crippen molar-refractivity contribution in [2.24, 2.45) is 16.8 Å². The zero-order valence-electron chi connectivity index (χ0n) is 13.6. The van der Waals surface area contributed by atoms with E-state index in [0.29, 0.717) is 12.6 Å². The minimum Gasteiger partial charge on any atom is -0.466 e. The molecule has 0 aromatic rings. The van der Waals surface area contributed by atoms with E-state index in [9.17, 15) is 4.79 Å². The third kappa shape index (κ3) is 4.35. The SMILES string of the molecule is CCCC1CC1NC(=NC)N1CCCC(C(=O)OCC)C1. The van der Waals surface area contributed by atoms with Gasteiger partial charge in [-0.3, -0.25) is 9.79 Å². The Bertz CT molecular complexity index is 384. The number of esters is 1. The molecule has 0 aromatic heterocycles. The highest BCUT2D eigenvalue weighted by Gasteiger charge is 2.38. The molecule has 2 rings (SSSR count). The predicted octanol–water partition coefficient (Wildman–Crippen LogP) is 2.03. The number of carbonyl (C=O) groups excluding carboxylic acids is 1. The molecule has 2 fully saturated rings. The van der Waals surface area contributed by atoms with Crippen LogP contribution in [-0.4, -0.2) is 49.6 Å². The molecule has 1 saturated carbocycles. The summed E-state index contributed by atoms with van der Waals surface area (Å²) in [6.45, 7) is 6.26. The standard InChI is InChI=1S/C16H29N3O2/c1-4-7-12-10-14(12)18-16(17-3)19-9-6-8-13(11-19)15(20)21-5-2/h12-14H,4-11H2,1-3H3,(H,17,18). The Morgan fingerprint density at radius 1 is 1.43 bits per heavy atom. The second kappa shape index (κ2) is 7.66. The topological polar surface area (TPSA) is 53.9 Å². The van der Waals surface area contributed by atoms with Crippen LogP contribution in [0.5, 0.6) is 0 Å². The maximum atomic E-state index is 11.9. The van der Waals surface area contributed by atoms with Gasteiger partial charge in [-0.2, -0.15) is 0 Å². The first kappa shape index (κ1) is 16.1. The lowest BCUT2D eigenvalue weighted by atomic mass is 9.98. The van der Waals surface area contributed by atoms with E-state index in [2.05, 4.69) is 22.1 Å². The molecule has 0 spiro atoms. The molecular weight excluding hydrogens is 266 g/mol. The fourth-order valence-electron chi connectivity index (χ4n) is 3.20. The average Bonchev–Trinajstić information content (AvgIpc) is 3.23. The van der Waals surface area contributed by atoms with Crippen LogP contribution in [0.15, 0.2) is 4.99 Å². The second-order valence-corrected chi connectivity index (χ2v) is 6.12. The van der Waals surface area contributed by atoms with Gasteiger partial charge in [-0.05, 0) is 38.5 Å². The summed E-state index contributed by atoms with van der Waals surface area (Å²) in [6, 6.07) is 0.576. The quantitative estimate of drug-likeness (QED) is 0.479. The number of rotatable bonds is 5. The van der Waals surface area contributed by atoms with Gasteiger partial charge in [0.1, 0.15) is 0 Å². The fraction of sp³-hybridized carbons (Fsp3) is 0.875. The maximum Gasteiger partial charge on any atom is 0.310 e. The van der Waals surface area contributed by atoms with Crippen LogP contribution >= 0.6 is 0 Å². The molecule has 5 nitrogen and oxygen atoms in total. The van der Waals surface area contributed by atoms with Crippen molar-refractivity contribution < 1.29 is 9.53 Å². The molecule has 3 atom stereocenters. The lowest BCUT2D eigenvalue weighted by molar-refractivity contribution is -0.149. The summed E-state index contributed by atoms with van der Waals surface area (Å²) in [5.41, 5.74) is 0. The Labute approximate surface area is 128 Å². The van der Waals surface area contributed by atoms with Crippen LogP contribution in [0, 0.1) is 11.8 Å². The summed E-state index contributed by atoms with van der Waals surface area (Å²) < 4.78 is 5.16. The van der Waals surface area contributed by atoms with Gasteiger partial charge in [-0.15, -0.1) is 0 Å². The molecule has 0 aromatic carbocycles. The Morgan fingerprint density at radius 3 is 2.90 bits per heavy atom. The van der Waals surface area contributed by atoms with E-state index in [-0.39, 0.29) is 11.9 Å². The van der Waals surface area contributed by atoms with E-state index in [4.69, 9.17) is 4.74 Å². The van der Waals surface area contributed by atoms with Crippen LogP contribution in [0.1, 0.15) is 46.0 Å². The van der Waals surface area contributed by atoms with Gasteiger partial charge in [0.15, 0.2) is 5.96 Å². The first-order valence-corrected chi connectivity index (χ1v) is 8.34. The monoisotopic (exact) mass is 295 g/mol. The number of nitrogens with zero attached hydrogens (tertiary/aromatic N) is 2. The van der Waals surface area contributed by atoms with E-state index in [1.54, 1.807) is 0 Å². The van der Waals surface area contributed by atoms with Crippen molar-refractivity contribution >= 4 is 11.9 Å². The normalized spacial score (nSPS) is 29.2. The van der Waals surface area contributed by atoms with Gasteiger partial charge < -0.3 is 15.0 Å². The maximum absolute atomic E-state index is 11.9. The van der Waals surface area contributed by atoms with Crippen LogP contribution in [0.25, 0.3) is 0 Å². The molecule has 1 saturated heterocycles. The third-order valence-corrected chi connectivity index (χ3v) is 4.45. The second-order valence-electron chi connectivity index (χ2n) is 6.12. The van der Waals surface area contributed by atoms with Crippen LogP contribution < -0.4 is 5.32 Å². The highest BCUT2D eigenvalue weighted by molar-refractivity contribution is 5.82. The van der Waals surface area contributed by atoms with Gasteiger partial charge in [0.25, 0.3) is 0 Å². The molecule has 3 unspecified atom stereocenters. The van der Waals surface area contributed by atoms with E-state index >= 15 is 0 Å². The average molecular weight is 295 g/mol. The van der Waals surface area contributed by atoms with E-state index in [1.165, 1.54) is 19.3 Å². The van der Waals surface area contributed by atoms with Gasteiger partial charge in [0.05, 0.1) is 12.5 Å². The predicted molar refractivity (Wildman–Crippen MR) is 84.2 cm³/mol. The molecule has 1 aliphatic heterocycles. The van der Waals surface area contributed by atoms with Gasteiger partial charge in [-0.1, -0.05) is 13.3 Å². The van der Waals surface area contributed by atoms with E-state index < -0.39 is 0 Å². The molecule has 0 radical (unpaired) electrons. The van der Waals surface area contributed by atoms with Crippen LogP contribution in [0.4, 0.5) is 0 Å². The lowest BCUT2D eigenvalue weighted by Gasteiger charge is -2.34. The number of piperidine rings is 1. The Kier molecular flexibility index (Phi) is 5.88. The highest BCUT2D eigenvalue weighted by Crippen LogP contribution is 2.34. The molecule has 21 heavy (non-hydrogen) atoms. The molecule has 1 N–H and O–H groups in total. The molecular formula is C16H29N3O2. The number of hydrogen-bond acceptors (Lipinski definition) is 3. The molecule has 1 aliphatic carbocycles. The van der Waals surface area contributed by atoms with Crippen molar-refractivity contribution in [1.82, 2.24) is 10.2 Å². The van der Waals surface area contributed by atoms with E-state index in [1.807, 2.05) is 14.0 Å². The highest BCUT2D eigenvalue weighted by atomic mass is 16.5.